The third-order valence-corrected chi connectivity index (χ3v) is 2.89. The highest BCUT2D eigenvalue weighted by atomic mass is 32.2. The summed E-state index contributed by atoms with van der Waals surface area (Å²) in [7, 11) is 0. The van der Waals surface area contributed by atoms with Gasteiger partial charge in [-0.25, -0.2) is 9.18 Å². The Hall–Kier alpha value is -1.53. The molecule has 15 heavy (non-hydrogen) atoms. The minimum atomic E-state index is -1.17. The van der Waals surface area contributed by atoms with Crippen molar-refractivity contribution in [2.75, 3.05) is 5.06 Å². The lowest BCUT2D eigenvalue weighted by Crippen LogP contribution is -2.14. The van der Waals surface area contributed by atoms with E-state index < -0.39 is 11.8 Å². The van der Waals surface area contributed by atoms with Gasteiger partial charge in [-0.2, -0.15) is 0 Å². The van der Waals surface area contributed by atoms with Crippen LogP contribution >= 0.6 is 11.8 Å². The van der Waals surface area contributed by atoms with E-state index in [1.165, 1.54) is 12.1 Å². The molecule has 0 aromatic heterocycles. The molecule has 78 valence electrons. The molecule has 0 atom stereocenters. The zero-order valence-corrected chi connectivity index (χ0v) is 8.12. The van der Waals surface area contributed by atoms with Crippen molar-refractivity contribution in [2.24, 2.45) is 0 Å². The van der Waals surface area contributed by atoms with Gasteiger partial charge in [-0.15, -0.1) is 0 Å². The predicted octanol–water partition coefficient (Wildman–Crippen LogP) is 2.16. The standard InChI is InChI=1S/C9H5FNO3S/c10-5-1-2-7-6(3-5)11(14)4-8(15-7)9(12)13/h1-4H,(H,12,13)/q-1. The Morgan fingerprint density at radius 3 is 2.93 bits per heavy atom. The van der Waals surface area contributed by atoms with E-state index in [0.717, 1.165) is 24.0 Å². The van der Waals surface area contributed by atoms with Crippen molar-refractivity contribution in [2.45, 2.75) is 4.90 Å². The number of carboxylic acids is 1. The second kappa shape index (κ2) is 3.56. The zero-order chi connectivity index (χ0) is 11.0. The summed E-state index contributed by atoms with van der Waals surface area (Å²) in [6.45, 7) is 0. The minimum absolute atomic E-state index is 0.0795. The second-order valence-corrected chi connectivity index (χ2v) is 3.92. The molecule has 2 rings (SSSR count). The lowest BCUT2D eigenvalue weighted by Gasteiger charge is -2.32. The Labute approximate surface area is 88.6 Å². The number of benzene rings is 1. The van der Waals surface area contributed by atoms with Gasteiger partial charge in [-0.05, 0) is 18.2 Å². The first-order valence-corrected chi connectivity index (χ1v) is 4.78. The molecule has 0 fully saturated rings. The van der Waals surface area contributed by atoms with Crippen molar-refractivity contribution in [1.82, 2.24) is 0 Å². The van der Waals surface area contributed by atoms with E-state index in [9.17, 15) is 14.4 Å². The lowest BCUT2D eigenvalue weighted by molar-refractivity contribution is -0.131. The number of carbonyl (C=O) groups is 1. The smallest absolute Gasteiger partial charge is 0.344 e. The highest BCUT2D eigenvalue weighted by molar-refractivity contribution is 8.04. The van der Waals surface area contributed by atoms with Gasteiger partial charge in [0, 0.05) is 16.8 Å². The first-order valence-electron chi connectivity index (χ1n) is 3.97. The molecule has 0 bridgehead atoms. The Morgan fingerprint density at radius 1 is 1.53 bits per heavy atom. The molecule has 0 amide bonds. The Bertz CT molecular complexity index is 461. The van der Waals surface area contributed by atoms with Crippen LogP contribution in [0.1, 0.15) is 0 Å². The molecule has 0 spiro atoms. The van der Waals surface area contributed by atoms with Crippen molar-refractivity contribution in [3.63, 3.8) is 0 Å². The fourth-order valence-corrected chi connectivity index (χ4v) is 2.03. The summed E-state index contributed by atoms with van der Waals surface area (Å²) in [5, 5.41) is 20.4. The average Bonchev–Trinajstić information content (AvgIpc) is 2.18. The number of aliphatic carboxylic acids is 1. The van der Waals surface area contributed by atoms with E-state index >= 15 is 0 Å². The maximum atomic E-state index is 12.8. The van der Waals surface area contributed by atoms with Gasteiger partial charge in [-0.1, -0.05) is 11.8 Å². The summed E-state index contributed by atoms with van der Waals surface area (Å²) >= 11 is 0.931. The summed E-state index contributed by atoms with van der Waals surface area (Å²) in [6, 6.07) is 3.64. The Balaban J connectivity index is 2.44. The highest BCUT2D eigenvalue weighted by Gasteiger charge is 2.18. The summed E-state index contributed by atoms with van der Waals surface area (Å²) in [4.78, 5) is 11.0. The molecular weight excluding hydrogens is 221 g/mol. The molecule has 1 aliphatic rings. The number of fused-ring (bicyclic) bond motifs is 1. The van der Waals surface area contributed by atoms with Crippen molar-refractivity contribution in [3.8, 4) is 0 Å². The van der Waals surface area contributed by atoms with Crippen LogP contribution in [0.4, 0.5) is 10.1 Å². The predicted molar refractivity (Wildman–Crippen MR) is 53.8 cm³/mol. The van der Waals surface area contributed by atoms with Crippen molar-refractivity contribution in [1.29, 1.82) is 0 Å². The van der Waals surface area contributed by atoms with Crippen LogP contribution in [0.2, 0.25) is 0 Å². The molecule has 6 heteroatoms. The van der Waals surface area contributed by atoms with Gasteiger partial charge < -0.3 is 15.4 Å². The maximum absolute atomic E-state index is 12.8. The van der Waals surface area contributed by atoms with Crippen LogP contribution in [-0.2, 0) is 4.79 Å². The molecule has 1 aliphatic heterocycles. The van der Waals surface area contributed by atoms with Crippen LogP contribution < -0.4 is 5.06 Å². The molecule has 0 saturated heterocycles. The molecule has 4 nitrogen and oxygen atoms in total. The largest absolute Gasteiger partial charge is 0.754 e. The van der Waals surface area contributed by atoms with Crippen LogP contribution in [0, 0.1) is 11.0 Å². The van der Waals surface area contributed by atoms with Gasteiger partial charge in [-0.3, -0.25) is 0 Å². The number of anilines is 1. The SMILES string of the molecule is O=C(O)C1=CN([O-])c2cc(F)ccc2S1. The Morgan fingerprint density at radius 2 is 2.27 bits per heavy atom. The van der Waals surface area contributed by atoms with Gasteiger partial charge in [0.2, 0.25) is 0 Å². The number of hydrogen-bond donors (Lipinski definition) is 1. The van der Waals surface area contributed by atoms with Crippen LogP contribution in [-0.4, -0.2) is 11.1 Å². The molecule has 1 N–H and O–H groups in total. The molecule has 0 saturated carbocycles. The maximum Gasteiger partial charge on any atom is 0.344 e. The molecule has 1 aromatic carbocycles. The lowest BCUT2D eigenvalue weighted by atomic mass is 10.3. The van der Waals surface area contributed by atoms with E-state index in [0.29, 0.717) is 9.96 Å². The summed E-state index contributed by atoms with van der Waals surface area (Å²) in [6.07, 6.45) is 0.925. The van der Waals surface area contributed by atoms with E-state index in [-0.39, 0.29) is 10.6 Å². The number of hydroxylamine groups is 1. The first-order chi connectivity index (χ1) is 7.08. The summed E-state index contributed by atoms with van der Waals surface area (Å²) < 4.78 is 12.8. The minimum Gasteiger partial charge on any atom is -0.754 e. The van der Waals surface area contributed by atoms with Gasteiger partial charge in [0.1, 0.15) is 10.7 Å². The fourth-order valence-electron chi connectivity index (χ4n) is 1.17. The normalized spacial score (nSPS) is 14.5. The van der Waals surface area contributed by atoms with Gasteiger partial charge in [0.15, 0.2) is 0 Å². The first kappa shape index (κ1) is 10.0. The van der Waals surface area contributed by atoms with Crippen LogP contribution in [0.5, 0.6) is 0 Å². The topological polar surface area (TPSA) is 63.6 Å². The van der Waals surface area contributed by atoms with E-state index in [2.05, 4.69) is 0 Å². The number of hydrogen-bond acceptors (Lipinski definition) is 4. The molecule has 1 aromatic rings. The Kier molecular flexibility index (Phi) is 2.37. The average molecular weight is 226 g/mol. The van der Waals surface area contributed by atoms with Crippen molar-refractivity contribution >= 4 is 23.4 Å². The quantitative estimate of drug-likeness (QED) is 0.794. The number of carboxylic acid groups (broad SMARTS) is 1. The fraction of sp³-hybridized carbons (Fsp3) is 0. The molecule has 1 heterocycles. The number of halogens is 1. The molecule has 0 unspecified atom stereocenters. The number of nitrogens with zero attached hydrogens (tertiary/aromatic N) is 1. The van der Waals surface area contributed by atoms with E-state index in [4.69, 9.17) is 5.11 Å². The number of thioether (sulfide) groups is 1. The van der Waals surface area contributed by atoms with Crippen LogP contribution in [0.15, 0.2) is 34.2 Å². The van der Waals surface area contributed by atoms with E-state index in [1.807, 2.05) is 0 Å². The third kappa shape index (κ3) is 1.81. The summed E-state index contributed by atoms with van der Waals surface area (Å²) in [5.74, 6) is -1.70. The van der Waals surface area contributed by atoms with E-state index in [1.54, 1.807) is 0 Å². The van der Waals surface area contributed by atoms with Crippen LogP contribution in [0.3, 0.4) is 0 Å². The molecular formula is C9H5FNO3S-. The summed E-state index contributed by atoms with van der Waals surface area (Å²) in [5.41, 5.74) is 0.130. The third-order valence-electron chi connectivity index (χ3n) is 1.82. The second-order valence-electron chi connectivity index (χ2n) is 2.84. The van der Waals surface area contributed by atoms with Gasteiger partial charge in [0.05, 0.1) is 0 Å². The monoisotopic (exact) mass is 226 g/mol. The van der Waals surface area contributed by atoms with Crippen molar-refractivity contribution in [3.05, 3.63) is 40.3 Å². The molecule has 0 radical (unpaired) electrons. The van der Waals surface area contributed by atoms with Crippen LogP contribution in [0.25, 0.3) is 0 Å². The van der Waals surface area contributed by atoms with Gasteiger partial charge >= 0.3 is 5.97 Å². The highest BCUT2D eigenvalue weighted by Crippen LogP contribution is 2.39. The van der Waals surface area contributed by atoms with Crippen molar-refractivity contribution < 1.29 is 14.3 Å². The zero-order valence-electron chi connectivity index (χ0n) is 7.31. The van der Waals surface area contributed by atoms with Gasteiger partial charge in [0.25, 0.3) is 0 Å². The molecule has 0 aliphatic carbocycles. The number of rotatable bonds is 1.